The van der Waals surface area contributed by atoms with Crippen molar-refractivity contribution in [2.45, 2.75) is 36.7 Å². The van der Waals surface area contributed by atoms with Crippen molar-refractivity contribution in [3.63, 3.8) is 0 Å². The number of hydrogen-bond acceptors (Lipinski definition) is 4. The average Bonchev–Trinajstić information content (AvgIpc) is 2.78. The monoisotopic (exact) mass is 434 g/mol. The fourth-order valence-corrected chi connectivity index (χ4v) is 5.07. The number of rotatable bonds is 7. The molecule has 1 aliphatic heterocycles. The standard InChI is InChI=1S/C22H27FN2O4S/c1-22(29-2,19-8-4-5-9-20(19)23)16-24-21(26)17-10-12-18(13-11-17)30(27,28)25-14-6-3-7-15-25/h4-5,8-13H,3,6-7,14-16H2,1-2H3,(H,24,26). The highest BCUT2D eigenvalue weighted by Gasteiger charge is 2.30. The first-order valence-electron chi connectivity index (χ1n) is 9.96. The highest BCUT2D eigenvalue weighted by atomic mass is 32.2. The van der Waals surface area contributed by atoms with Crippen LogP contribution in [0.15, 0.2) is 53.4 Å². The third kappa shape index (κ3) is 4.71. The van der Waals surface area contributed by atoms with Crippen molar-refractivity contribution in [1.29, 1.82) is 0 Å². The van der Waals surface area contributed by atoms with Crippen LogP contribution in [0.1, 0.15) is 42.1 Å². The lowest BCUT2D eigenvalue weighted by atomic mass is 9.95. The van der Waals surface area contributed by atoms with E-state index in [1.165, 1.54) is 41.7 Å². The molecule has 1 N–H and O–H groups in total. The van der Waals surface area contributed by atoms with E-state index >= 15 is 0 Å². The smallest absolute Gasteiger partial charge is 0.251 e. The maximum Gasteiger partial charge on any atom is 0.251 e. The molecule has 1 aliphatic rings. The van der Waals surface area contributed by atoms with E-state index in [2.05, 4.69) is 5.32 Å². The Labute approximate surface area is 177 Å². The van der Waals surface area contributed by atoms with Gasteiger partial charge in [-0.25, -0.2) is 12.8 Å². The summed E-state index contributed by atoms with van der Waals surface area (Å²) in [6.45, 7) is 2.80. The molecule has 30 heavy (non-hydrogen) atoms. The fraction of sp³-hybridized carbons (Fsp3) is 0.409. The van der Waals surface area contributed by atoms with E-state index in [1.807, 2.05) is 0 Å². The van der Waals surface area contributed by atoms with Gasteiger partial charge >= 0.3 is 0 Å². The van der Waals surface area contributed by atoms with Gasteiger partial charge in [0.1, 0.15) is 11.4 Å². The molecule has 1 heterocycles. The molecule has 0 bridgehead atoms. The van der Waals surface area contributed by atoms with Crippen molar-refractivity contribution in [2.75, 3.05) is 26.7 Å². The lowest BCUT2D eigenvalue weighted by molar-refractivity contribution is 0.000388. The van der Waals surface area contributed by atoms with Crippen LogP contribution in [0, 0.1) is 5.82 Å². The predicted molar refractivity (Wildman–Crippen MR) is 112 cm³/mol. The molecular formula is C22H27FN2O4S. The molecule has 6 nitrogen and oxygen atoms in total. The maximum absolute atomic E-state index is 14.2. The Morgan fingerprint density at radius 1 is 1.10 bits per heavy atom. The Morgan fingerprint density at radius 2 is 1.73 bits per heavy atom. The molecule has 3 rings (SSSR count). The van der Waals surface area contributed by atoms with Gasteiger partial charge in [-0.05, 0) is 50.1 Å². The second-order valence-corrected chi connectivity index (χ2v) is 9.52. The van der Waals surface area contributed by atoms with Gasteiger partial charge in [0, 0.05) is 31.3 Å². The molecule has 0 spiro atoms. The van der Waals surface area contributed by atoms with Gasteiger partial charge in [0.25, 0.3) is 5.91 Å². The Kier molecular flexibility index (Phi) is 6.90. The number of carbonyl (C=O) groups is 1. The number of nitrogens with one attached hydrogen (secondary N) is 1. The molecule has 1 atom stereocenters. The first-order chi connectivity index (χ1) is 14.3. The van der Waals surface area contributed by atoms with Gasteiger partial charge < -0.3 is 10.1 Å². The maximum atomic E-state index is 14.2. The van der Waals surface area contributed by atoms with E-state index in [9.17, 15) is 17.6 Å². The number of sulfonamides is 1. The highest BCUT2D eigenvalue weighted by Crippen LogP contribution is 2.26. The molecule has 1 unspecified atom stereocenters. The van der Waals surface area contributed by atoms with E-state index in [4.69, 9.17) is 4.74 Å². The summed E-state index contributed by atoms with van der Waals surface area (Å²) in [5.41, 5.74) is -0.381. The van der Waals surface area contributed by atoms with Crippen molar-refractivity contribution in [3.8, 4) is 0 Å². The number of hydrogen-bond donors (Lipinski definition) is 1. The van der Waals surface area contributed by atoms with Gasteiger partial charge in [-0.2, -0.15) is 4.31 Å². The number of halogens is 1. The van der Waals surface area contributed by atoms with Crippen LogP contribution in [0.25, 0.3) is 0 Å². The van der Waals surface area contributed by atoms with Crippen molar-refractivity contribution in [3.05, 3.63) is 65.5 Å². The van der Waals surface area contributed by atoms with Crippen molar-refractivity contribution < 1.29 is 22.3 Å². The quantitative estimate of drug-likeness (QED) is 0.726. The minimum absolute atomic E-state index is 0.0527. The van der Waals surface area contributed by atoms with Gasteiger partial charge in [-0.15, -0.1) is 0 Å². The van der Waals surface area contributed by atoms with Crippen molar-refractivity contribution in [2.24, 2.45) is 0 Å². The van der Waals surface area contributed by atoms with Crippen molar-refractivity contribution in [1.82, 2.24) is 9.62 Å². The molecule has 2 aromatic carbocycles. The highest BCUT2D eigenvalue weighted by molar-refractivity contribution is 7.89. The first-order valence-corrected chi connectivity index (χ1v) is 11.4. The van der Waals surface area contributed by atoms with Gasteiger partial charge in [-0.1, -0.05) is 24.6 Å². The average molecular weight is 435 g/mol. The van der Waals surface area contributed by atoms with Gasteiger partial charge in [0.2, 0.25) is 10.0 Å². The summed E-state index contributed by atoms with van der Waals surface area (Å²) in [6, 6.07) is 12.1. The minimum Gasteiger partial charge on any atom is -0.372 e. The molecule has 0 aromatic heterocycles. The Balaban J connectivity index is 1.69. The number of piperidine rings is 1. The third-order valence-corrected chi connectivity index (χ3v) is 7.46. The summed E-state index contributed by atoms with van der Waals surface area (Å²) < 4.78 is 46.6. The number of amides is 1. The molecule has 1 fully saturated rings. The summed E-state index contributed by atoms with van der Waals surface area (Å²) in [5.74, 6) is -0.806. The van der Waals surface area contributed by atoms with Gasteiger partial charge in [0.15, 0.2) is 0 Å². The first kappa shape index (κ1) is 22.4. The number of benzene rings is 2. The van der Waals surface area contributed by atoms with Crippen molar-refractivity contribution >= 4 is 15.9 Å². The lowest BCUT2D eigenvalue weighted by Gasteiger charge is -2.29. The molecule has 0 aliphatic carbocycles. The Bertz CT molecular complexity index is 988. The summed E-state index contributed by atoms with van der Waals surface area (Å²) >= 11 is 0. The minimum atomic E-state index is -3.54. The molecule has 0 saturated carbocycles. The molecular weight excluding hydrogens is 407 g/mol. The number of methoxy groups -OCH3 is 1. The van der Waals surface area contributed by atoms with Crippen LogP contribution in [0.5, 0.6) is 0 Å². The zero-order valence-electron chi connectivity index (χ0n) is 17.2. The number of carbonyl (C=O) groups excluding carboxylic acids is 1. The topological polar surface area (TPSA) is 75.7 Å². The predicted octanol–water partition coefficient (Wildman–Crippen LogP) is 3.29. The van der Waals surface area contributed by atoms with Crippen LogP contribution in [-0.4, -0.2) is 45.4 Å². The Hall–Kier alpha value is -2.29. The number of nitrogens with zero attached hydrogens (tertiary/aromatic N) is 1. The van der Waals surface area contributed by atoms with Gasteiger partial charge in [-0.3, -0.25) is 4.79 Å². The lowest BCUT2D eigenvalue weighted by Crippen LogP contribution is -2.40. The zero-order valence-corrected chi connectivity index (χ0v) is 18.0. The Morgan fingerprint density at radius 3 is 2.33 bits per heavy atom. The van der Waals surface area contributed by atoms with E-state index in [1.54, 1.807) is 25.1 Å². The summed E-state index contributed by atoms with van der Waals surface area (Å²) in [7, 11) is -2.09. The SMILES string of the molecule is COC(C)(CNC(=O)c1ccc(S(=O)(=O)N2CCCCC2)cc1)c1ccccc1F. The van der Waals surface area contributed by atoms with Crippen LogP contribution in [-0.2, 0) is 20.4 Å². The van der Waals surface area contributed by atoms with E-state index in [0.29, 0.717) is 24.2 Å². The van der Waals surface area contributed by atoms with Crippen LogP contribution >= 0.6 is 0 Å². The summed E-state index contributed by atoms with van der Waals surface area (Å²) in [6.07, 6.45) is 2.76. The fourth-order valence-electron chi connectivity index (χ4n) is 3.55. The van der Waals surface area contributed by atoms with E-state index < -0.39 is 27.3 Å². The van der Waals surface area contributed by atoms with Crippen LogP contribution in [0.3, 0.4) is 0 Å². The van der Waals surface area contributed by atoms with Crippen LogP contribution < -0.4 is 5.32 Å². The van der Waals surface area contributed by atoms with Crippen LogP contribution in [0.2, 0.25) is 0 Å². The van der Waals surface area contributed by atoms with Gasteiger partial charge in [0.05, 0.1) is 11.4 Å². The third-order valence-electron chi connectivity index (χ3n) is 5.55. The summed E-state index contributed by atoms with van der Waals surface area (Å²) in [4.78, 5) is 12.7. The molecule has 0 radical (unpaired) electrons. The van der Waals surface area contributed by atoms with E-state index in [0.717, 1.165) is 19.3 Å². The normalized spacial score (nSPS) is 17.3. The molecule has 2 aromatic rings. The largest absolute Gasteiger partial charge is 0.372 e. The molecule has 1 amide bonds. The second-order valence-electron chi connectivity index (χ2n) is 7.59. The number of ether oxygens (including phenoxy) is 1. The molecule has 8 heteroatoms. The van der Waals surface area contributed by atoms with E-state index in [-0.39, 0.29) is 11.4 Å². The summed E-state index contributed by atoms with van der Waals surface area (Å²) in [5, 5.41) is 2.75. The second kappa shape index (κ2) is 9.24. The molecule has 1 saturated heterocycles. The zero-order chi connectivity index (χ0) is 21.8. The van der Waals surface area contributed by atoms with Crippen LogP contribution in [0.4, 0.5) is 4.39 Å². The molecule has 162 valence electrons.